The Morgan fingerprint density at radius 3 is 2.60 bits per heavy atom. The Bertz CT molecular complexity index is 179. The predicted octanol–water partition coefficient (Wildman–Crippen LogP) is 0.697. The second kappa shape index (κ2) is 11.2. The van der Waals surface area contributed by atoms with Gasteiger partial charge in [0.1, 0.15) is 0 Å². The van der Waals surface area contributed by atoms with Crippen LogP contribution in [0.5, 0.6) is 0 Å². The predicted molar refractivity (Wildman–Crippen MR) is 54.9 cm³/mol. The van der Waals surface area contributed by atoms with Crippen molar-refractivity contribution in [2.45, 2.75) is 6.42 Å². The fourth-order valence-corrected chi connectivity index (χ4v) is 0.826. The third-order valence-electron chi connectivity index (χ3n) is 1.48. The summed E-state index contributed by atoms with van der Waals surface area (Å²) in [7, 11) is 1.65. The van der Waals surface area contributed by atoms with Crippen LogP contribution in [0.15, 0.2) is 12.2 Å². The Balaban J connectivity index is 3.02. The number of carboxylic acid groups (broad SMARTS) is 1. The summed E-state index contributed by atoms with van der Waals surface area (Å²) in [5.41, 5.74) is 0. The highest BCUT2D eigenvalue weighted by Crippen LogP contribution is 1.85. The molecular formula is C10H18O5. The zero-order chi connectivity index (χ0) is 11.4. The van der Waals surface area contributed by atoms with Gasteiger partial charge in [0.15, 0.2) is 0 Å². The minimum Gasteiger partial charge on any atom is -0.478 e. The summed E-state index contributed by atoms with van der Waals surface area (Å²) >= 11 is 0. The highest BCUT2D eigenvalue weighted by molar-refractivity contribution is 5.79. The van der Waals surface area contributed by atoms with Crippen molar-refractivity contribution < 1.29 is 24.1 Å². The molecule has 0 saturated heterocycles. The molecule has 0 aliphatic heterocycles. The van der Waals surface area contributed by atoms with E-state index in [0.717, 1.165) is 12.5 Å². The molecule has 0 spiro atoms. The van der Waals surface area contributed by atoms with Gasteiger partial charge >= 0.3 is 5.97 Å². The third kappa shape index (κ3) is 13.1. The van der Waals surface area contributed by atoms with Gasteiger partial charge in [0.2, 0.25) is 0 Å². The Hall–Kier alpha value is -0.910. The number of ether oxygens (including phenoxy) is 3. The maximum absolute atomic E-state index is 10.1. The monoisotopic (exact) mass is 218 g/mol. The standard InChI is InChI=1S/C10H18O5/c1-13-5-3-7-15-9-8-14-6-2-4-10(11)12/h2,4H,3,5-9H2,1H3,(H,11,12)/b4-2+. The second-order valence-electron chi connectivity index (χ2n) is 2.77. The van der Waals surface area contributed by atoms with Crippen LogP contribution in [0.3, 0.4) is 0 Å². The quantitative estimate of drug-likeness (QED) is 0.432. The van der Waals surface area contributed by atoms with Gasteiger partial charge in [0.05, 0.1) is 19.8 Å². The molecule has 15 heavy (non-hydrogen) atoms. The van der Waals surface area contributed by atoms with E-state index in [1.807, 2.05) is 0 Å². The van der Waals surface area contributed by atoms with Crippen molar-refractivity contribution in [1.82, 2.24) is 0 Å². The molecule has 0 saturated carbocycles. The van der Waals surface area contributed by atoms with Gasteiger partial charge in [0.25, 0.3) is 0 Å². The molecule has 0 atom stereocenters. The van der Waals surface area contributed by atoms with E-state index in [-0.39, 0.29) is 0 Å². The topological polar surface area (TPSA) is 65.0 Å². The van der Waals surface area contributed by atoms with Gasteiger partial charge in [-0.15, -0.1) is 0 Å². The Labute approximate surface area is 89.6 Å². The Kier molecular flexibility index (Phi) is 10.5. The largest absolute Gasteiger partial charge is 0.478 e. The van der Waals surface area contributed by atoms with Crippen LogP contribution in [0.2, 0.25) is 0 Å². The number of aliphatic carboxylic acids is 1. The van der Waals surface area contributed by atoms with Crippen molar-refractivity contribution in [2.75, 3.05) is 40.1 Å². The molecule has 0 aliphatic carbocycles. The fraction of sp³-hybridized carbons (Fsp3) is 0.700. The summed E-state index contributed by atoms with van der Waals surface area (Å²) in [6, 6.07) is 0. The van der Waals surface area contributed by atoms with E-state index in [9.17, 15) is 4.79 Å². The first-order chi connectivity index (χ1) is 7.27. The molecule has 0 amide bonds. The summed E-state index contributed by atoms with van der Waals surface area (Å²) in [6.07, 6.45) is 3.38. The molecule has 1 N–H and O–H groups in total. The number of carboxylic acids is 1. The number of hydrogen-bond donors (Lipinski definition) is 1. The summed E-state index contributed by atoms with van der Waals surface area (Å²) in [5.74, 6) is -0.964. The van der Waals surface area contributed by atoms with E-state index in [1.165, 1.54) is 6.08 Å². The van der Waals surface area contributed by atoms with E-state index in [2.05, 4.69) is 0 Å². The van der Waals surface area contributed by atoms with Gasteiger partial charge in [-0.3, -0.25) is 0 Å². The molecular weight excluding hydrogens is 200 g/mol. The number of hydrogen-bond acceptors (Lipinski definition) is 4. The molecule has 0 aliphatic rings. The summed E-state index contributed by atoms with van der Waals surface area (Å²) in [5, 5.41) is 8.26. The first kappa shape index (κ1) is 14.1. The van der Waals surface area contributed by atoms with Gasteiger partial charge in [-0.05, 0) is 6.42 Å². The number of methoxy groups -OCH3 is 1. The molecule has 0 rings (SSSR count). The molecule has 0 unspecified atom stereocenters. The van der Waals surface area contributed by atoms with E-state index in [0.29, 0.717) is 33.0 Å². The molecule has 0 bridgehead atoms. The lowest BCUT2D eigenvalue weighted by molar-refractivity contribution is -0.131. The highest BCUT2D eigenvalue weighted by atomic mass is 16.5. The number of rotatable bonds is 10. The van der Waals surface area contributed by atoms with Crippen LogP contribution in [0.25, 0.3) is 0 Å². The van der Waals surface area contributed by atoms with Gasteiger partial charge in [0, 0.05) is 26.4 Å². The first-order valence-corrected chi connectivity index (χ1v) is 4.81. The molecule has 88 valence electrons. The molecule has 0 fully saturated rings. The van der Waals surface area contributed by atoms with Crippen LogP contribution in [0, 0.1) is 0 Å². The van der Waals surface area contributed by atoms with Crippen molar-refractivity contribution in [3.05, 3.63) is 12.2 Å². The minimum absolute atomic E-state index is 0.299. The zero-order valence-corrected chi connectivity index (χ0v) is 8.98. The molecule has 5 nitrogen and oxygen atoms in total. The summed E-state index contributed by atoms with van der Waals surface area (Å²) < 4.78 is 15.2. The van der Waals surface area contributed by atoms with Crippen molar-refractivity contribution in [2.24, 2.45) is 0 Å². The van der Waals surface area contributed by atoms with Crippen molar-refractivity contribution >= 4 is 5.97 Å². The summed E-state index contributed by atoms with van der Waals surface area (Å²) in [4.78, 5) is 10.1. The van der Waals surface area contributed by atoms with Crippen LogP contribution in [0.1, 0.15) is 6.42 Å². The van der Waals surface area contributed by atoms with Crippen molar-refractivity contribution in [1.29, 1.82) is 0 Å². The lowest BCUT2D eigenvalue weighted by Gasteiger charge is -2.03. The van der Waals surface area contributed by atoms with E-state index >= 15 is 0 Å². The maximum Gasteiger partial charge on any atom is 0.328 e. The van der Waals surface area contributed by atoms with E-state index in [1.54, 1.807) is 7.11 Å². The van der Waals surface area contributed by atoms with Gasteiger partial charge < -0.3 is 19.3 Å². The SMILES string of the molecule is COCCCOCCOC/C=C/C(=O)O. The third-order valence-corrected chi connectivity index (χ3v) is 1.48. The van der Waals surface area contributed by atoms with Crippen LogP contribution in [0.4, 0.5) is 0 Å². The molecule has 0 aromatic carbocycles. The maximum atomic E-state index is 10.1. The van der Waals surface area contributed by atoms with Crippen LogP contribution >= 0.6 is 0 Å². The van der Waals surface area contributed by atoms with Gasteiger partial charge in [-0.2, -0.15) is 0 Å². The molecule has 0 radical (unpaired) electrons. The average Bonchev–Trinajstić information content (AvgIpc) is 2.20. The Morgan fingerprint density at radius 1 is 1.20 bits per heavy atom. The normalized spacial score (nSPS) is 11.0. The van der Waals surface area contributed by atoms with Gasteiger partial charge in [-0.25, -0.2) is 4.79 Å². The Morgan fingerprint density at radius 2 is 1.93 bits per heavy atom. The fourth-order valence-electron chi connectivity index (χ4n) is 0.826. The van der Waals surface area contributed by atoms with Crippen molar-refractivity contribution in [3.63, 3.8) is 0 Å². The molecule has 5 heteroatoms. The molecule has 0 heterocycles. The average molecular weight is 218 g/mol. The smallest absolute Gasteiger partial charge is 0.328 e. The van der Waals surface area contributed by atoms with E-state index < -0.39 is 5.97 Å². The van der Waals surface area contributed by atoms with Crippen LogP contribution in [-0.2, 0) is 19.0 Å². The molecule has 0 aromatic rings. The number of carbonyl (C=O) groups is 1. The first-order valence-electron chi connectivity index (χ1n) is 4.81. The van der Waals surface area contributed by atoms with Crippen LogP contribution in [-0.4, -0.2) is 51.2 Å². The lowest BCUT2D eigenvalue weighted by Crippen LogP contribution is -2.06. The summed E-state index contributed by atoms with van der Waals surface area (Å²) in [6.45, 7) is 2.64. The lowest BCUT2D eigenvalue weighted by atomic mass is 10.5. The van der Waals surface area contributed by atoms with Crippen LogP contribution < -0.4 is 0 Å². The van der Waals surface area contributed by atoms with Gasteiger partial charge in [-0.1, -0.05) is 6.08 Å². The van der Waals surface area contributed by atoms with Crippen molar-refractivity contribution in [3.8, 4) is 0 Å². The zero-order valence-electron chi connectivity index (χ0n) is 8.98. The minimum atomic E-state index is -0.964. The van der Waals surface area contributed by atoms with E-state index in [4.69, 9.17) is 19.3 Å². The molecule has 0 aromatic heterocycles. The second-order valence-corrected chi connectivity index (χ2v) is 2.77. The highest BCUT2D eigenvalue weighted by Gasteiger charge is 1.89.